The fraction of sp³-hybridized carbons (Fsp3) is 0.214. The highest BCUT2D eigenvalue weighted by atomic mass is 32.2. The number of aromatic nitrogens is 3. The Bertz CT molecular complexity index is 1400. The average molecular weight is 498 g/mol. The molecule has 0 bridgehead atoms. The van der Waals surface area contributed by atoms with Crippen LogP contribution in [0.15, 0.2) is 89.0 Å². The molecule has 5 rings (SSSR count). The summed E-state index contributed by atoms with van der Waals surface area (Å²) in [5.74, 6) is 1.33. The van der Waals surface area contributed by atoms with Crippen LogP contribution in [-0.4, -0.2) is 33.5 Å². The van der Waals surface area contributed by atoms with Gasteiger partial charge in [0.05, 0.1) is 13.2 Å². The van der Waals surface area contributed by atoms with Gasteiger partial charge in [0.25, 0.3) is 0 Å². The van der Waals surface area contributed by atoms with Crippen molar-refractivity contribution in [3.63, 3.8) is 0 Å². The number of fused-ring (bicyclic) bond motifs is 1. The van der Waals surface area contributed by atoms with E-state index in [1.807, 2.05) is 92.7 Å². The van der Waals surface area contributed by atoms with Gasteiger partial charge in [-0.3, -0.25) is 4.79 Å². The lowest BCUT2D eigenvalue weighted by Gasteiger charge is -2.30. The van der Waals surface area contributed by atoms with Gasteiger partial charge >= 0.3 is 0 Å². The van der Waals surface area contributed by atoms with Crippen molar-refractivity contribution in [2.45, 2.75) is 30.8 Å². The molecule has 7 nitrogen and oxygen atoms in total. The van der Waals surface area contributed by atoms with Crippen LogP contribution in [0.25, 0.3) is 0 Å². The Balaban J connectivity index is 1.46. The largest absolute Gasteiger partial charge is 0.496 e. The standard InChI is InChI=1S/C28H27N5O2S/c1-18-13-15-22(16-14-18)30-26(34)24-19(2)29-27-31-28(36-17-21-11-7-8-12-23(21)35-3)32-33(27)25(24)20-9-5-4-6-10-20/h4-16,24-25H,17H2,1-3H3,(H,30,34). The number of hydrogen-bond acceptors (Lipinski definition) is 6. The number of aliphatic imine (C=N–C) groups is 1. The molecule has 3 aromatic carbocycles. The minimum absolute atomic E-state index is 0.127. The number of anilines is 1. The van der Waals surface area contributed by atoms with Gasteiger partial charge in [-0.1, -0.05) is 78.0 Å². The van der Waals surface area contributed by atoms with Gasteiger partial charge in [0.2, 0.25) is 17.0 Å². The lowest BCUT2D eigenvalue weighted by molar-refractivity contribution is -0.118. The molecule has 8 heteroatoms. The Labute approximate surface area is 214 Å². The van der Waals surface area contributed by atoms with Gasteiger partial charge < -0.3 is 10.1 Å². The number of ether oxygens (including phenoxy) is 1. The maximum Gasteiger partial charge on any atom is 0.249 e. The maximum absolute atomic E-state index is 13.6. The number of amides is 1. The molecule has 182 valence electrons. The molecule has 36 heavy (non-hydrogen) atoms. The van der Waals surface area contributed by atoms with Gasteiger partial charge in [0.15, 0.2) is 0 Å². The Morgan fingerprint density at radius 1 is 1.00 bits per heavy atom. The molecule has 2 atom stereocenters. The minimum atomic E-state index is -0.532. The van der Waals surface area contributed by atoms with Crippen molar-refractivity contribution in [1.82, 2.24) is 14.8 Å². The maximum atomic E-state index is 13.6. The predicted molar refractivity (Wildman–Crippen MR) is 143 cm³/mol. The summed E-state index contributed by atoms with van der Waals surface area (Å²) in [4.78, 5) is 23.0. The number of para-hydroxylation sites is 1. The minimum Gasteiger partial charge on any atom is -0.496 e. The van der Waals surface area contributed by atoms with Crippen molar-refractivity contribution in [2.24, 2.45) is 10.9 Å². The fourth-order valence-electron chi connectivity index (χ4n) is 4.36. The molecule has 1 N–H and O–H groups in total. The molecule has 0 saturated heterocycles. The Morgan fingerprint density at radius 3 is 2.47 bits per heavy atom. The number of thioether (sulfide) groups is 1. The van der Waals surface area contributed by atoms with Crippen LogP contribution in [-0.2, 0) is 10.5 Å². The van der Waals surface area contributed by atoms with Crippen molar-refractivity contribution >= 4 is 35.0 Å². The van der Waals surface area contributed by atoms with E-state index in [1.54, 1.807) is 11.8 Å². The van der Waals surface area contributed by atoms with Gasteiger partial charge in [-0.05, 0) is 37.6 Å². The molecule has 0 aliphatic carbocycles. The van der Waals surface area contributed by atoms with Crippen LogP contribution in [0.1, 0.15) is 29.7 Å². The van der Waals surface area contributed by atoms with E-state index >= 15 is 0 Å². The molecule has 0 saturated carbocycles. The molecule has 1 aromatic heterocycles. The lowest BCUT2D eigenvalue weighted by Crippen LogP contribution is -2.39. The molecule has 0 radical (unpaired) electrons. The van der Waals surface area contributed by atoms with Gasteiger partial charge in [-0.25, -0.2) is 9.67 Å². The van der Waals surface area contributed by atoms with E-state index < -0.39 is 5.92 Å². The summed E-state index contributed by atoms with van der Waals surface area (Å²) in [5, 5.41) is 8.48. The number of nitrogens with one attached hydrogen (secondary N) is 1. The third kappa shape index (κ3) is 4.90. The molecule has 2 heterocycles. The Hall–Kier alpha value is -3.91. The molecular weight excluding hydrogens is 470 g/mol. The number of aryl methyl sites for hydroxylation is 1. The van der Waals surface area contributed by atoms with Crippen LogP contribution in [0.3, 0.4) is 0 Å². The Morgan fingerprint density at radius 2 is 1.72 bits per heavy atom. The molecule has 1 aliphatic rings. The van der Waals surface area contributed by atoms with E-state index in [1.165, 1.54) is 11.8 Å². The summed E-state index contributed by atoms with van der Waals surface area (Å²) in [6.45, 7) is 3.90. The SMILES string of the molecule is COc1ccccc1CSc1nc2n(n1)C(c1ccccc1)C(C(=O)Nc1ccc(C)cc1)C(C)=N2. The number of methoxy groups -OCH3 is 1. The van der Waals surface area contributed by atoms with Crippen LogP contribution in [0.5, 0.6) is 5.75 Å². The van der Waals surface area contributed by atoms with Gasteiger partial charge in [-0.2, -0.15) is 4.98 Å². The number of carbonyl (C=O) groups excluding carboxylic acids is 1. The topological polar surface area (TPSA) is 81.4 Å². The normalized spacial score (nSPS) is 16.7. The van der Waals surface area contributed by atoms with Crippen molar-refractivity contribution in [3.05, 3.63) is 95.6 Å². The second kappa shape index (κ2) is 10.4. The van der Waals surface area contributed by atoms with Crippen LogP contribution < -0.4 is 10.1 Å². The third-order valence-electron chi connectivity index (χ3n) is 6.19. The first-order chi connectivity index (χ1) is 17.5. The van der Waals surface area contributed by atoms with Crippen molar-refractivity contribution in [2.75, 3.05) is 12.4 Å². The highest BCUT2D eigenvalue weighted by molar-refractivity contribution is 7.98. The molecule has 2 unspecified atom stereocenters. The highest BCUT2D eigenvalue weighted by Gasteiger charge is 2.39. The third-order valence-corrected chi connectivity index (χ3v) is 7.08. The first-order valence-corrected chi connectivity index (χ1v) is 12.7. The first-order valence-electron chi connectivity index (χ1n) is 11.7. The molecular formula is C28H27N5O2S. The van der Waals surface area contributed by atoms with Crippen LogP contribution >= 0.6 is 11.8 Å². The van der Waals surface area contributed by atoms with E-state index in [0.29, 0.717) is 22.6 Å². The molecule has 4 aromatic rings. The summed E-state index contributed by atoms with van der Waals surface area (Å²) < 4.78 is 7.26. The number of nitrogens with zero attached hydrogens (tertiary/aromatic N) is 4. The van der Waals surface area contributed by atoms with Gasteiger partial charge in [0.1, 0.15) is 11.7 Å². The number of rotatable bonds is 7. The van der Waals surface area contributed by atoms with E-state index in [2.05, 4.69) is 10.3 Å². The van der Waals surface area contributed by atoms with Crippen LogP contribution in [0, 0.1) is 12.8 Å². The molecule has 0 fully saturated rings. The van der Waals surface area contributed by atoms with E-state index in [0.717, 1.165) is 28.1 Å². The van der Waals surface area contributed by atoms with Crippen molar-refractivity contribution < 1.29 is 9.53 Å². The summed E-state index contributed by atoms with van der Waals surface area (Å²) in [7, 11) is 1.67. The summed E-state index contributed by atoms with van der Waals surface area (Å²) in [6, 6.07) is 25.3. The fourth-order valence-corrected chi connectivity index (χ4v) is 5.17. The average Bonchev–Trinajstić information content (AvgIpc) is 3.30. The van der Waals surface area contributed by atoms with E-state index in [-0.39, 0.29) is 11.9 Å². The quantitative estimate of drug-likeness (QED) is 0.325. The van der Waals surface area contributed by atoms with Gasteiger partial charge in [0, 0.05) is 22.7 Å². The van der Waals surface area contributed by atoms with Gasteiger partial charge in [-0.15, -0.1) is 5.10 Å². The molecule has 0 spiro atoms. The number of carbonyl (C=O) groups is 1. The Kier molecular flexibility index (Phi) is 6.86. The smallest absolute Gasteiger partial charge is 0.249 e. The van der Waals surface area contributed by atoms with Crippen LogP contribution in [0.4, 0.5) is 11.6 Å². The first kappa shape index (κ1) is 23.8. The summed E-state index contributed by atoms with van der Waals surface area (Å²) in [5.41, 5.74) is 4.63. The summed E-state index contributed by atoms with van der Waals surface area (Å²) in [6.07, 6.45) is 0. The van der Waals surface area contributed by atoms with Crippen molar-refractivity contribution in [3.8, 4) is 5.75 Å². The number of benzene rings is 3. The lowest BCUT2D eigenvalue weighted by atomic mass is 9.87. The van der Waals surface area contributed by atoms with Crippen LogP contribution in [0.2, 0.25) is 0 Å². The zero-order valence-corrected chi connectivity index (χ0v) is 21.2. The predicted octanol–water partition coefficient (Wildman–Crippen LogP) is 5.84. The van der Waals surface area contributed by atoms with Crippen molar-refractivity contribution in [1.29, 1.82) is 0 Å². The zero-order valence-electron chi connectivity index (χ0n) is 20.4. The van der Waals surface area contributed by atoms with E-state index in [4.69, 9.17) is 14.8 Å². The second-order valence-corrected chi connectivity index (χ2v) is 9.62. The monoisotopic (exact) mass is 497 g/mol. The molecule has 1 amide bonds. The number of hydrogen-bond donors (Lipinski definition) is 1. The highest BCUT2D eigenvalue weighted by Crippen LogP contribution is 2.38. The summed E-state index contributed by atoms with van der Waals surface area (Å²) >= 11 is 1.52. The molecule has 1 aliphatic heterocycles. The van der Waals surface area contributed by atoms with E-state index in [9.17, 15) is 4.79 Å². The second-order valence-electron chi connectivity index (χ2n) is 8.68. The zero-order chi connectivity index (χ0) is 25.1.